The van der Waals surface area contributed by atoms with E-state index < -0.39 is 0 Å². The Labute approximate surface area is 60.5 Å². The third-order valence-electron chi connectivity index (χ3n) is 1.91. The molecule has 1 aliphatic carbocycles. The third kappa shape index (κ3) is 1.99. The van der Waals surface area contributed by atoms with Gasteiger partial charge in [-0.3, -0.25) is 4.79 Å². The number of carbonyl (C=O) groups excluding carboxylic acids is 1. The van der Waals surface area contributed by atoms with Crippen molar-refractivity contribution in [1.82, 2.24) is 0 Å². The molecule has 0 radical (unpaired) electrons. The minimum absolute atomic E-state index is 0.0845. The number of ether oxygens (including phenoxy) is 1. The molecule has 0 aromatic carbocycles. The summed E-state index contributed by atoms with van der Waals surface area (Å²) in [5.74, 6) is 0. The molecule has 0 bridgehead atoms. The van der Waals surface area contributed by atoms with Crippen molar-refractivity contribution in [3.8, 4) is 0 Å². The predicted molar refractivity (Wildman–Crippen MR) is 37.4 cm³/mol. The molecule has 58 valence electrons. The Balaban J connectivity index is 2.24. The number of nitrogens with two attached hydrogens (primary N) is 1. The van der Waals surface area contributed by atoms with Crippen LogP contribution < -0.4 is 5.73 Å². The molecule has 0 aliphatic heterocycles. The van der Waals surface area contributed by atoms with Crippen LogP contribution >= 0.6 is 0 Å². The fourth-order valence-electron chi connectivity index (χ4n) is 1.38. The van der Waals surface area contributed by atoms with Crippen molar-refractivity contribution in [2.24, 2.45) is 5.73 Å². The van der Waals surface area contributed by atoms with Crippen molar-refractivity contribution in [3.63, 3.8) is 0 Å². The molecular weight excluding hydrogens is 130 g/mol. The van der Waals surface area contributed by atoms with Gasteiger partial charge in [0.15, 0.2) is 0 Å². The molecule has 0 saturated heterocycles. The predicted octanol–water partition coefficient (Wildman–Crippen LogP) is 0.429. The van der Waals surface area contributed by atoms with Crippen molar-refractivity contribution < 1.29 is 9.53 Å². The Morgan fingerprint density at radius 2 is 2.30 bits per heavy atom. The molecule has 0 spiro atoms. The van der Waals surface area contributed by atoms with Gasteiger partial charge < -0.3 is 10.5 Å². The van der Waals surface area contributed by atoms with Gasteiger partial charge >= 0.3 is 0 Å². The van der Waals surface area contributed by atoms with Crippen LogP contribution in [0.1, 0.15) is 25.7 Å². The minimum atomic E-state index is 0.0845. The average Bonchev–Trinajstić information content (AvgIpc) is 1.88. The van der Waals surface area contributed by atoms with E-state index in [1.807, 2.05) is 0 Å². The van der Waals surface area contributed by atoms with E-state index in [-0.39, 0.29) is 12.1 Å². The van der Waals surface area contributed by atoms with Crippen molar-refractivity contribution in [1.29, 1.82) is 0 Å². The standard InChI is InChI=1S/C7H13NO2/c8-6-2-1-3-7(4-6)10-5-9/h5-7H,1-4,8H2/t6-,7+/m1/s1. The van der Waals surface area contributed by atoms with Gasteiger partial charge in [0.25, 0.3) is 6.47 Å². The second kappa shape index (κ2) is 3.56. The van der Waals surface area contributed by atoms with Crippen LogP contribution in [-0.2, 0) is 9.53 Å². The summed E-state index contributed by atoms with van der Waals surface area (Å²) in [4.78, 5) is 9.92. The molecule has 1 fully saturated rings. The summed E-state index contributed by atoms with van der Waals surface area (Å²) in [6.07, 6.45) is 4.05. The van der Waals surface area contributed by atoms with Gasteiger partial charge in [0, 0.05) is 6.04 Å². The molecule has 0 heterocycles. The highest BCUT2D eigenvalue weighted by Crippen LogP contribution is 2.18. The van der Waals surface area contributed by atoms with Crippen LogP contribution in [0.4, 0.5) is 0 Å². The molecule has 1 saturated carbocycles. The molecule has 0 aromatic rings. The number of rotatable bonds is 2. The Morgan fingerprint density at radius 3 is 2.90 bits per heavy atom. The molecule has 3 heteroatoms. The van der Waals surface area contributed by atoms with Crippen LogP contribution in [0.2, 0.25) is 0 Å². The van der Waals surface area contributed by atoms with Gasteiger partial charge in [-0.2, -0.15) is 0 Å². The normalized spacial score (nSPS) is 33.3. The van der Waals surface area contributed by atoms with Crippen LogP contribution in [0.15, 0.2) is 0 Å². The van der Waals surface area contributed by atoms with Gasteiger partial charge in [-0.1, -0.05) is 0 Å². The molecule has 10 heavy (non-hydrogen) atoms. The van der Waals surface area contributed by atoms with Crippen LogP contribution in [0, 0.1) is 0 Å². The summed E-state index contributed by atoms with van der Waals surface area (Å²) in [6, 6.07) is 0.235. The molecule has 3 nitrogen and oxygen atoms in total. The minimum Gasteiger partial charge on any atom is -0.465 e. The molecule has 0 unspecified atom stereocenters. The summed E-state index contributed by atoms with van der Waals surface area (Å²) >= 11 is 0. The Hall–Kier alpha value is -0.570. The van der Waals surface area contributed by atoms with Gasteiger partial charge in [0.05, 0.1) is 0 Å². The lowest BCUT2D eigenvalue weighted by Gasteiger charge is -2.24. The molecule has 1 rings (SSSR count). The van der Waals surface area contributed by atoms with Gasteiger partial charge in [0.2, 0.25) is 0 Å². The zero-order valence-electron chi connectivity index (χ0n) is 5.95. The lowest BCUT2D eigenvalue weighted by Crippen LogP contribution is -2.31. The van der Waals surface area contributed by atoms with Gasteiger partial charge in [-0.15, -0.1) is 0 Å². The first kappa shape index (κ1) is 7.54. The largest absolute Gasteiger partial charge is 0.465 e. The molecule has 2 atom stereocenters. The van der Waals surface area contributed by atoms with E-state index in [0.717, 1.165) is 25.7 Å². The van der Waals surface area contributed by atoms with E-state index in [2.05, 4.69) is 0 Å². The smallest absolute Gasteiger partial charge is 0.293 e. The summed E-state index contributed by atoms with van der Waals surface area (Å²) in [7, 11) is 0. The number of carbonyl (C=O) groups is 1. The first-order chi connectivity index (χ1) is 4.83. The third-order valence-corrected chi connectivity index (χ3v) is 1.91. The maximum atomic E-state index is 9.92. The van der Waals surface area contributed by atoms with Crippen LogP contribution in [0.3, 0.4) is 0 Å². The van der Waals surface area contributed by atoms with Crippen molar-refractivity contribution in [3.05, 3.63) is 0 Å². The molecule has 0 aromatic heterocycles. The molecule has 0 amide bonds. The van der Waals surface area contributed by atoms with E-state index in [9.17, 15) is 4.79 Å². The number of hydrogen-bond acceptors (Lipinski definition) is 3. The Morgan fingerprint density at radius 1 is 1.50 bits per heavy atom. The van der Waals surface area contributed by atoms with E-state index >= 15 is 0 Å². The topological polar surface area (TPSA) is 52.3 Å². The van der Waals surface area contributed by atoms with Gasteiger partial charge in [0.1, 0.15) is 6.10 Å². The fourth-order valence-corrected chi connectivity index (χ4v) is 1.38. The van der Waals surface area contributed by atoms with Gasteiger partial charge in [-0.05, 0) is 25.7 Å². The second-order valence-corrected chi connectivity index (χ2v) is 2.78. The van der Waals surface area contributed by atoms with Crippen molar-refractivity contribution in [2.75, 3.05) is 0 Å². The molecular formula is C7H13NO2. The lowest BCUT2D eigenvalue weighted by atomic mass is 9.94. The van der Waals surface area contributed by atoms with Gasteiger partial charge in [-0.25, -0.2) is 0 Å². The summed E-state index contributed by atoms with van der Waals surface area (Å²) in [5.41, 5.74) is 5.66. The van der Waals surface area contributed by atoms with Crippen molar-refractivity contribution >= 4 is 6.47 Å². The second-order valence-electron chi connectivity index (χ2n) is 2.78. The Bertz CT molecular complexity index is 116. The van der Waals surface area contributed by atoms with Crippen LogP contribution in [0.5, 0.6) is 0 Å². The zero-order valence-corrected chi connectivity index (χ0v) is 5.95. The van der Waals surface area contributed by atoms with Crippen molar-refractivity contribution in [2.45, 2.75) is 37.8 Å². The Kier molecular flexibility index (Phi) is 2.68. The van der Waals surface area contributed by atoms with Crippen LogP contribution in [0.25, 0.3) is 0 Å². The maximum Gasteiger partial charge on any atom is 0.293 e. The highest BCUT2D eigenvalue weighted by molar-refractivity contribution is 5.37. The lowest BCUT2D eigenvalue weighted by molar-refractivity contribution is -0.135. The van der Waals surface area contributed by atoms with Crippen LogP contribution in [-0.4, -0.2) is 18.6 Å². The highest BCUT2D eigenvalue weighted by atomic mass is 16.5. The average molecular weight is 143 g/mol. The fraction of sp³-hybridized carbons (Fsp3) is 0.857. The molecule has 2 N–H and O–H groups in total. The maximum absolute atomic E-state index is 9.92. The summed E-state index contributed by atoms with van der Waals surface area (Å²) in [5, 5.41) is 0. The first-order valence-corrected chi connectivity index (χ1v) is 3.67. The number of hydrogen-bond donors (Lipinski definition) is 1. The summed E-state index contributed by atoms with van der Waals surface area (Å²) in [6.45, 7) is 0.517. The van der Waals surface area contributed by atoms with E-state index in [4.69, 9.17) is 10.5 Å². The SMILES string of the molecule is N[C@@H]1CCC[C@H](OC=O)C1. The molecule has 1 aliphatic rings. The summed E-state index contributed by atoms with van der Waals surface area (Å²) < 4.78 is 4.79. The van der Waals surface area contributed by atoms with E-state index in [0.29, 0.717) is 6.47 Å². The highest BCUT2D eigenvalue weighted by Gasteiger charge is 2.19. The zero-order chi connectivity index (χ0) is 7.40. The van der Waals surface area contributed by atoms with E-state index in [1.54, 1.807) is 0 Å². The first-order valence-electron chi connectivity index (χ1n) is 3.67. The van der Waals surface area contributed by atoms with E-state index in [1.165, 1.54) is 0 Å². The monoisotopic (exact) mass is 143 g/mol. The quantitative estimate of drug-likeness (QED) is 0.570.